The lowest BCUT2D eigenvalue weighted by atomic mass is 9.67. The van der Waals surface area contributed by atoms with E-state index < -0.39 is 49.1 Å². The summed E-state index contributed by atoms with van der Waals surface area (Å²) < 4.78 is 46.8. The number of hydrogen-bond donors (Lipinski definition) is 2. The third kappa shape index (κ3) is 6.11. The highest BCUT2D eigenvalue weighted by atomic mass is 28.4. The van der Waals surface area contributed by atoms with E-state index in [1.807, 2.05) is 33.9 Å². The molecule has 2 atom stereocenters. The minimum Gasteiger partial charge on any atom is -0.465 e. The predicted molar refractivity (Wildman–Crippen MR) is 126 cm³/mol. The molecule has 0 unspecified atom stereocenters. The summed E-state index contributed by atoms with van der Waals surface area (Å²) in [5.74, 6) is -0.751. The zero-order chi connectivity index (χ0) is 26.9. The fourth-order valence-electron chi connectivity index (χ4n) is 3.50. The number of likely N-dealkylation sites (N-methyl/N-ethyl adjacent to an activating group) is 1. The largest absolute Gasteiger partial charge is 0.465 e. The third-order valence-electron chi connectivity index (χ3n) is 6.48. The fourth-order valence-corrected chi connectivity index (χ4v) is 5.15. The van der Waals surface area contributed by atoms with Gasteiger partial charge in [0, 0.05) is 7.05 Å². The van der Waals surface area contributed by atoms with Crippen LogP contribution in [0.25, 0.3) is 0 Å². The highest BCUT2D eigenvalue weighted by Gasteiger charge is 2.59. The van der Waals surface area contributed by atoms with E-state index in [1.54, 1.807) is 20.8 Å². The van der Waals surface area contributed by atoms with Gasteiger partial charge in [0.15, 0.2) is 8.32 Å². The van der Waals surface area contributed by atoms with Crippen LogP contribution >= 0.6 is 0 Å². The molecule has 1 rings (SSSR count). The molecule has 0 aliphatic heterocycles. The van der Waals surface area contributed by atoms with Crippen LogP contribution in [-0.4, -0.2) is 50.7 Å². The van der Waals surface area contributed by atoms with Crippen molar-refractivity contribution in [3.8, 4) is 0 Å². The summed E-state index contributed by atoms with van der Waals surface area (Å²) in [5.41, 5.74) is -3.26. The summed E-state index contributed by atoms with van der Waals surface area (Å²) in [6, 6.07) is 2.79. The summed E-state index contributed by atoms with van der Waals surface area (Å²) >= 11 is 0. The van der Waals surface area contributed by atoms with E-state index in [0.717, 1.165) is 17.2 Å². The smallest absolute Gasteiger partial charge is 0.416 e. The minimum absolute atomic E-state index is 0.245. The normalized spacial score (nSPS) is 15.9. The number of nitrogens with one attached hydrogen (secondary N) is 1. The van der Waals surface area contributed by atoms with Gasteiger partial charge >= 0.3 is 12.3 Å². The average molecular weight is 507 g/mol. The van der Waals surface area contributed by atoms with Crippen molar-refractivity contribution in [2.24, 2.45) is 5.41 Å². The second-order valence-corrected chi connectivity index (χ2v) is 15.5. The first-order valence-electron chi connectivity index (χ1n) is 10.8. The SMILES string of the molecule is CON(C)C(=O)[C@@H](NC(=O)O)[C@@](O[Si](C)(C)C(C)(C)C)(c1ccc(C(F)(F)F)cc1)C(C)(C)C. The Morgan fingerprint density at radius 2 is 1.44 bits per heavy atom. The van der Waals surface area contributed by atoms with Crippen molar-refractivity contribution in [3.05, 3.63) is 35.4 Å². The molecule has 11 heteroatoms. The Bertz CT molecular complexity index is 877. The average Bonchev–Trinajstić information content (AvgIpc) is 2.66. The molecule has 1 aromatic rings. The molecule has 0 aliphatic carbocycles. The molecule has 194 valence electrons. The van der Waals surface area contributed by atoms with Crippen molar-refractivity contribution >= 4 is 20.3 Å². The Morgan fingerprint density at radius 3 is 1.76 bits per heavy atom. The molecule has 7 nitrogen and oxygen atoms in total. The van der Waals surface area contributed by atoms with Gasteiger partial charge in [-0.15, -0.1) is 0 Å². The zero-order valence-electron chi connectivity index (χ0n) is 21.5. The topological polar surface area (TPSA) is 88.1 Å². The number of hydroxylamine groups is 2. The molecule has 0 saturated heterocycles. The molecule has 1 aromatic carbocycles. The van der Waals surface area contributed by atoms with E-state index in [-0.39, 0.29) is 10.6 Å². The van der Waals surface area contributed by atoms with Gasteiger partial charge in [-0.2, -0.15) is 13.2 Å². The number of nitrogens with zero attached hydrogens (tertiary/aromatic N) is 1. The molecule has 0 radical (unpaired) electrons. The monoisotopic (exact) mass is 506 g/mol. The maximum atomic E-state index is 13.5. The van der Waals surface area contributed by atoms with Crippen LogP contribution in [0, 0.1) is 5.41 Å². The van der Waals surface area contributed by atoms with Crippen molar-refractivity contribution in [3.63, 3.8) is 0 Å². The number of halogens is 3. The van der Waals surface area contributed by atoms with Crippen LogP contribution in [0.5, 0.6) is 0 Å². The van der Waals surface area contributed by atoms with Gasteiger partial charge in [0.2, 0.25) is 0 Å². The van der Waals surface area contributed by atoms with Crippen molar-refractivity contribution in [1.82, 2.24) is 10.4 Å². The predicted octanol–water partition coefficient (Wildman–Crippen LogP) is 5.62. The first-order chi connectivity index (χ1) is 15.1. The maximum absolute atomic E-state index is 13.5. The van der Waals surface area contributed by atoms with Crippen molar-refractivity contribution in [2.75, 3.05) is 14.2 Å². The Labute approximate surface area is 200 Å². The van der Waals surface area contributed by atoms with Crippen molar-refractivity contribution < 1.29 is 37.1 Å². The third-order valence-corrected chi connectivity index (χ3v) is 10.9. The number of alkyl halides is 3. The number of carbonyl (C=O) groups excluding carboxylic acids is 1. The Balaban J connectivity index is 4.08. The molecular weight excluding hydrogens is 469 g/mol. The van der Waals surface area contributed by atoms with Crippen LogP contribution in [0.15, 0.2) is 24.3 Å². The molecule has 0 aromatic heterocycles. The van der Waals surface area contributed by atoms with Crippen molar-refractivity contribution in [1.29, 1.82) is 0 Å². The second-order valence-electron chi connectivity index (χ2n) is 10.8. The number of carboxylic acid groups (broad SMARTS) is 1. The highest BCUT2D eigenvalue weighted by Crippen LogP contribution is 2.51. The Hall–Kier alpha value is -2.11. The standard InChI is InChI=1S/C23H37F3N2O5Si/c1-20(2,3)22(33-34(9,10)21(4,5)6,15-11-13-16(14-12-15)23(24,25)26)17(27-19(30)31)18(29)28(7)32-8/h11-14,17,27H,1-10H3,(H,30,31)/t17-,22+/m1/s1. The van der Waals surface area contributed by atoms with Crippen LogP contribution in [-0.2, 0) is 25.8 Å². The number of amides is 2. The van der Waals surface area contributed by atoms with E-state index >= 15 is 0 Å². The van der Waals surface area contributed by atoms with Gasteiger partial charge in [-0.3, -0.25) is 9.63 Å². The Kier molecular flexibility index (Phi) is 8.68. The van der Waals surface area contributed by atoms with Gasteiger partial charge in [-0.25, -0.2) is 9.86 Å². The Morgan fingerprint density at radius 1 is 1.00 bits per heavy atom. The van der Waals surface area contributed by atoms with Gasteiger partial charge < -0.3 is 14.8 Å². The summed E-state index contributed by atoms with van der Waals surface area (Å²) in [7, 11) is -0.178. The number of carbonyl (C=O) groups is 2. The van der Waals surface area contributed by atoms with Crippen LogP contribution in [0.3, 0.4) is 0 Å². The molecule has 0 spiro atoms. The van der Waals surface area contributed by atoms with Crippen LogP contribution in [0.2, 0.25) is 18.1 Å². The van der Waals surface area contributed by atoms with Crippen LogP contribution in [0.4, 0.5) is 18.0 Å². The first-order valence-corrected chi connectivity index (χ1v) is 13.7. The van der Waals surface area contributed by atoms with Crippen LogP contribution < -0.4 is 5.32 Å². The van der Waals surface area contributed by atoms with E-state index in [4.69, 9.17) is 9.26 Å². The van der Waals surface area contributed by atoms with E-state index in [0.29, 0.717) is 0 Å². The fraction of sp³-hybridized carbons (Fsp3) is 0.652. The summed E-state index contributed by atoms with van der Waals surface area (Å²) in [5, 5.41) is 12.5. The summed E-state index contributed by atoms with van der Waals surface area (Å²) in [6.45, 7) is 15.1. The molecule has 2 N–H and O–H groups in total. The van der Waals surface area contributed by atoms with E-state index in [9.17, 15) is 27.9 Å². The van der Waals surface area contributed by atoms with Gasteiger partial charge in [0.1, 0.15) is 11.6 Å². The molecule has 34 heavy (non-hydrogen) atoms. The molecule has 0 aliphatic rings. The molecule has 0 bridgehead atoms. The molecule has 0 saturated carbocycles. The summed E-state index contributed by atoms with van der Waals surface area (Å²) in [4.78, 5) is 30.4. The zero-order valence-corrected chi connectivity index (χ0v) is 22.5. The summed E-state index contributed by atoms with van der Waals surface area (Å²) in [6.07, 6.45) is -6.05. The van der Waals surface area contributed by atoms with Gasteiger partial charge in [-0.05, 0) is 41.2 Å². The van der Waals surface area contributed by atoms with Crippen molar-refractivity contribution in [2.45, 2.75) is 77.5 Å². The van der Waals surface area contributed by atoms with Gasteiger partial charge in [0.25, 0.3) is 5.91 Å². The van der Waals surface area contributed by atoms with Gasteiger partial charge in [-0.1, -0.05) is 53.7 Å². The number of rotatable bonds is 7. The van der Waals surface area contributed by atoms with E-state index in [2.05, 4.69) is 5.32 Å². The molecule has 0 heterocycles. The number of hydrogen-bond acceptors (Lipinski definition) is 4. The quantitative estimate of drug-likeness (QED) is 0.370. The van der Waals surface area contributed by atoms with Gasteiger partial charge in [0.05, 0.1) is 12.7 Å². The molecular formula is C23H37F3N2O5Si. The lowest BCUT2D eigenvalue weighted by Crippen LogP contribution is -2.67. The van der Waals surface area contributed by atoms with E-state index in [1.165, 1.54) is 26.3 Å². The van der Waals surface area contributed by atoms with Crippen LogP contribution in [0.1, 0.15) is 52.7 Å². The lowest BCUT2D eigenvalue weighted by molar-refractivity contribution is -0.183. The number of benzene rings is 1. The first kappa shape index (κ1) is 29.9. The minimum atomic E-state index is -4.56. The maximum Gasteiger partial charge on any atom is 0.416 e. The second kappa shape index (κ2) is 9.86. The molecule has 2 amide bonds. The molecule has 0 fully saturated rings. The highest BCUT2D eigenvalue weighted by molar-refractivity contribution is 6.74. The lowest BCUT2D eigenvalue weighted by Gasteiger charge is -2.55.